The van der Waals surface area contributed by atoms with E-state index in [4.69, 9.17) is 4.74 Å². The van der Waals surface area contributed by atoms with E-state index >= 15 is 0 Å². The second-order valence-corrected chi connectivity index (χ2v) is 8.39. The molecule has 102 valence electrons. The summed E-state index contributed by atoms with van der Waals surface area (Å²) in [6, 6.07) is 0.325. The zero-order valence-corrected chi connectivity index (χ0v) is 12.7. The highest BCUT2D eigenvalue weighted by Crippen LogP contribution is 2.23. The van der Waals surface area contributed by atoms with Crippen LogP contribution in [0.5, 0.6) is 0 Å². The van der Waals surface area contributed by atoms with Crippen LogP contribution in [0.15, 0.2) is 0 Å². The van der Waals surface area contributed by atoms with Crippen LogP contribution in [-0.4, -0.2) is 39.1 Å². The van der Waals surface area contributed by atoms with Crippen LogP contribution < -0.4 is 0 Å². The summed E-state index contributed by atoms with van der Waals surface area (Å²) in [6.45, 7) is 12.8. The number of hydrogen-bond donors (Lipinski definition) is 0. The molecule has 0 N–H and O–H groups in total. The van der Waals surface area contributed by atoms with Crippen LogP contribution >= 0.6 is 0 Å². The highest BCUT2D eigenvalue weighted by atomic mass is 32.2. The maximum Gasteiger partial charge on any atom is 0.100 e. The van der Waals surface area contributed by atoms with Crippen LogP contribution in [0, 0.1) is 5.92 Å². The van der Waals surface area contributed by atoms with Crippen LogP contribution in [0.1, 0.15) is 47.5 Å². The first-order chi connectivity index (χ1) is 7.82. The van der Waals surface area contributed by atoms with Gasteiger partial charge in [0.15, 0.2) is 0 Å². The first-order valence-electron chi connectivity index (χ1n) is 6.58. The molecule has 17 heavy (non-hydrogen) atoms. The molecule has 4 heteroatoms. The predicted octanol–water partition coefficient (Wildman–Crippen LogP) is 2.59. The van der Waals surface area contributed by atoms with Crippen LogP contribution in [0.25, 0.3) is 0 Å². The van der Waals surface area contributed by atoms with Gasteiger partial charge in [0.1, 0.15) is 11.0 Å². The maximum atomic E-state index is 12.5. The minimum atomic E-state index is -0.915. The smallest absolute Gasteiger partial charge is 0.100 e. The standard InChI is InChI=1S/C13H27NO2S/c1-11(2)6-7-12-10-16-9-8-14(12)17(15)13(3,4)5/h11-12H,6-10H2,1-5H3/t12-,17-/m1/s1. The number of morpholine rings is 1. The Morgan fingerprint density at radius 1 is 1.41 bits per heavy atom. The molecule has 0 aliphatic carbocycles. The van der Waals surface area contributed by atoms with E-state index in [2.05, 4.69) is 18.2 Å². The summed E-state index contributed by atoms with van der Waals surface area (Å²) in [5, 5.41) is 0. The molecule has 3 nitrogen and oxygen atoms in total. The summed E-state index contributed by atoms with van der Waals surface area (Å²) >= 11 is 0. The van der Waals surface area contributed by atoms with Crippen molar-refractivity contribution in [2.24, 2.45) is 5.92 Å². The highest BCUT2D eigenvalue weighted by Gasteiger charge is 2.33. The molecule has 0 amide bonds. The van der Waals surface area contributed by atoms with Crippen molar-refractivity contribution in [3.05, 3.63) is 0 Å². The van der Waals surface area contributed by atoms with Gasteiger partial charge in [-0.3, -0.25) is 0 Å². The molecule has 0 bridgehead atoms. The lowest BCUT2D eigenvalue weighted by Gasteiger charge is -2.38. The molecule has 0 radical (unpaired) electrons. The molecular formula is C13H27NO2S. The Hall–Kier alpha value is 0.0700. The normalized spacial score (nSPS) is 25.2. The Labute approximate surface area is 108 Å². The van der Waals surface area contributed by atoms with Gasteiger partial charge >= 0.3 is 0 Å². The van der Waals surface area contributed by atoms with Gasteiger partial charge < -0.3 is 4.74 Å². The summed E-state index contributed by atoms with van der Waals surface area (Å²) in [5.74, 6) is 0.696. The lowest BCUT2D eigenvalue weighted by atomic mass is 10.0. The third kappa shape index (κ3) is 4.68. The fourth-order valence-electron chi connectivity index (χ4n) is 1.96. The van der Waals surface area contributed by atoms with Crippen LogP contribution in [0.4, 0.5) is 0 Å². The van der Waals surface area contributed by atoms with Crippen molar-refractivity contribution in [1.29, 1.82) is 0 Å². The summed E-state index contributed by atoms with van der Waals surface area (Å²) in [6.07, 6.45) is 2.26. The lowest BCUT2D eigenvalue weighted by molar-refractivity contribution is 0.0295. The number of ether oxygens (including phenoxy) is 1. The molecule has 1 aliphatic rings. The average Bonchev–Trinajstić information content (AvgIpc) is 2.24. The monoisotopic (exact) mass is 261 g/mol. The summed E-state index contributed by atoms with van der Waals surface area (Å²) < 4.78 is 20.0. The van der Waals surface area contributed by atoms with E-state index in [0.29, 0.717) is 18.6 Å². The molecule has 0 unspecified atom stereocenters. The van der Waals surface area contributed by atoms with Crippen LogP contribution in [-0.2, 0) is 15.7 Å². The van der Waals surface area contributed by atoms with Crippen LogP contribution in [0.3, 0.4) is 0 Å². The van der Waals surface area contributed by atoms with Gasteiger partial charge in [-0.05, 0) is 39.5 Å². The minimum Gasteiger partial charge on any atom is -0.378 e. The zero-order valence-electron chi connectivity index (χ0n) is 11.9. The van der Waals surface area contributed by atoms with Gasteiger partial charge in [-0.25, -0.2) is 8.51 Å². The van der Waals surface area contributed by atoms with Crippen molar-refractivity contribution in [3.63, 3.8) is 0 Å². The van der Waals surface area contributed by atoms with Crippen molar-refractivity contribution >= 4 is 11.0 Å². The fourth-order valence-corrected chi connectivity index (χ4v) is 3.34. The Balaban J connectivity index is 2.62. The molecule has 1 heterocycles. The van der Waals surface area contributed by atoms with E-state index in [-0.39, 0.29) is 4.75 Å². The topological polar surface area (TPSA) is 29.5 Å². The van der Waals surface area contributed by atoms with Crippen molar-refractivity contribution in [2.75, 3.05) is 19.8 Å². The summed E-state index contributed by atoms with van der Waals surface area (Å²) in [7, 11) is -0.915. The maximum absolute atomic E-state index is 12.5. The number of hydrogen-bond acceptors (Lipinski definition) is 2. The Morgan fingerprint density at radius 3 is 2.59 bits per heavy atom. The summed E-state index contributed by atoms with van der Waals surface area (Å²) in [4.78, 5) is 0. The van der Waals surface area contributed by atoms with Gasteiger partial charge in [0.05, 0.1) is 18.0 Å². The largest absolute Gasteiger partial charge is 0.378 e. The van der Waals surface area contributed by atoms with E-state index in [0.717, 1.165) is 19.6 Å². The van der Waals surface area contributed by atoms with Gasteiger partial charge in [0, 0.05) is 12.6 Å². The third-order valence-corrected chi connectivity index (χ3v) is 4.94. The van der Waals surface area contributed by atoms with Crippen molar-refractivity contribution in [2.45, 2.75) is 58.2 Å². The molecular weight excluding hydrogens is 234 g/mol. The number of rotatable bonds is 4. The average molecular weight is 261 g/mol. The van der Waals surface area contributed by atoms with Crippen molar-refractivity contribution in [3.8, 4) is 0 Å². The highest BCUT2D eigenvalue weighted by molar-refractivity contribution is 7.84. The molecule has 0 aromatic heterocycles. The molecule has 2 atom stereocenters. The Morgan fingerprint density at radius 2 is 2.06 bits per heavy atom. The first-order valence-corrected chi connectivity index (χ1v) is 7.69. The molecule has 1 aliphatic heterocycles. The van der Waals surface area contributed by atoms with Gasteiger partial charge in [-0.1, -0.05) is 13.8 Å². The zero-order chi connectivity index (χ0) is 13.1. The van der Waals surface area contributed by atoms with Gasteiger partial charge in [0.2, 0.25) is 0 Å². The molecule has 0 spiro atoms. The number of nitrogens with zero attached hydrogens (tertiary/aromatic N) is 1. The van der Waals surface area contributed by atoms with Crippen molar-refractivity contribution < 1.29 is 8.95 Å². The van der Waals surface area contributed by atoms with Gasteiger partial charge in [0.25, 0.3) is 0 Å². The van der Waals surface area contributed by atoms with Gasteiger partial charge in [-0.2, -0.15) is 0 Å². The summed E-state index contributed by atoms with van der Waals surface area (Å²) in [5.41, 5.74) is 0. The SMILES string of the molecule is CC(C)CC[C@@H]1COCCN1[S@](=O)C(C)(C)C. The van der Waals surface area contributed by atoms with E-state index in [1.165, 1.54) is 6.42 Å². The quantitative estimate of drug-likeness (QED) is 0.778. The Bertz CT molecular complexity index is 261. The fraction of sp³-hybridized carbons (Fsp3) is 1.00. The van der Waals surface area contributed by atoms with E-state index in [1.807, 2.05) is 20.8 Å². The van der Waals surface area contributed by atoms with Gasteiger partial charge in [-0.15, -0.1) is 0 Å². The van der Waals surface area contributed by atoms with E-state index in [1.54, 1.807) is 0 Å². The molecule has 1 fully saturated rings. The molecule has 1 saturated heterocycles. The second kappa shape index (κ2) is 6.30. The third-order valence-electron chi connectivity index (χ3n) is 2.99. The van der Waals surface area contributed by atoms with Crippen molar-refractivity contribution in [1.82, 2.24) is 4.31 Å². The minimum absolute atomic E-state index is 0.173. The second-order valence-electron chi connectivity index (χ2n) is 6.20. The predicted molar refractivity (Wildman–Crippen MR) is 73.3 cm³/mol. The molecule has 0 aromatic rings. The van der Waals surface area contributed by atoms with E-state index < -0.39 is 11.0 Å². The molecule has 1 rings (SSSR count). The lowest BCUT2D eigenvalue weighted by Crippen LogP contribution is -2.50. The van der Waals surface area contributed by atoms with E-state index in [9.17, 15) is 4.21 Å². The Kier molecular flexibility index (Phi) is 5.61. The molecule has 0 saturated carbocycles. The first kappa shape index (κ1) is 15.1. The molecule has 0 aromatic carbocycles. The van der Waals surface area contributed by atoms with Crippen LogP contribution in [0.2, 0.25) is 0 Å².